The van der Waals surface area contributed by atoms with Crippen molar-refractivity contribution in [1.82, 2.24) is 0 Å². The van der Waals surface area contributed by atoms with Gasteiger partial charge in [-0.2, -0.15) is 0 Å². The molecule has 0 unspecified atom stereocenters. The van der Waals surface area contributed by atoms with E-state index >= 15 is 0 Å². The zero-order valence-electron chi connectivity index (χ0n) is 15.1. The van der Waals surface area contributed by atoms with E-state index in [0.29, 0.717) is 5.75 Å². The molecule has 3 aromatic carbocycles. The number of phenolic OH excluding ortho intramolecular Hbond substituents is 1. The van der Waals surface area contributed by atoms with Gasteiger partial charge in [-0.25, -0.2) is 0 Å². The van der Waals surface area contributed by atoms with E-state index in [0.717, 1.165) is 5.56 Å². The summed E-state index contributed by atoms with van der Waals surface area (Å²) in [7, 11) is 0. The van der Waals surface area contributed by atoms with E-state index in [2.05, 4.69) is 56.3 Å². The summed E-state index contributed by atoms with van der Waals surface area (Å²) in [5, 5.41) is 9.44. The van der Waals surface area contributed by atoms with Gasteiger partial charge in [0.2, 0.25) is 0 Å². The quantitative estimate of drug-likeness (QED) is 0.495. The largest absolute Gasteiger partial charge is 0.508 e. The van der Waals surface area contributed by atoms with E-state index in [1.165, 1.54) is 53.5 Å². The van der Waals surface area contributed by atoms with Gasteiger partial charge in [-0.1, -0.05) is 74.4 Å². The Balaban J connectivity index is 1.79. The van der Waals surface area contributed by atoms with Crippen LogP contribution in [0.5, 0.6) is 5.75 Å². The van der Waals surface area contributed by atoms with Crippen LogP contribution in [0, 0.1) is 6.92 Å². The summed E-state index contributed by atoms with van der Waals surface area (Å²) in [5.41, 5.74) is 7.55. The van der Waals surface area contributed by atoms with Gasteiger partial charge in [0.05, 0.1) is 0 Å². The third-order valence-electron chi connectivity index (χ3n) is 4.76. The predicted octanol–water partition coefficient (Wildman–Crippen LogP) is 6.77. The van der Waals surface area contributed by atoms with E-state index in [1.54, 1.807) is 12.1 Å². The summed E-state index contributed by atoms with van der Waals surface area (Å²) < 4.78 is 0. The van der Waals surface area contributed by atoms with Crippen molar-refractivity contribution in [2.24, 2.45) is 0 Å². The number of aromatic hydroxyl groups is 1. The molecule has 3 rings (SSSR count). The lowest BCUT2D eigenvalue weighted by atomic mass is 9.94. The van der Waals surface area contributed by atoms with Crippen LogP contribution >= 0.6 is 0 Å². The molecule has 0 radical (unpaired) electrons. The predicted molar refractivity (Wildman–Crippen MR) is 107 cm³/mol. The molecule has 0 heterocycles. The van der Waals surface area contributed by atoms with E-state index in [1.807, 2.05) is 12.1 Å². The number of rotatable bonds is 6. The fraction of sp³-hybridized carbons (Fsp3) is 0.250. The second-order valence-electron chi connectivity index (χ2n) is 6.73. The number of aryl methyl sites for hydroxylation is 2. The summed E-state index contributed by atoms with van der Waals surface area (Å²) in [5.74, 6) is 0.302. The Labute approximate surface area is 151 Å². The standard InChI is InChI=1S/C24H26O/c1-3-4-5-6-19-7-9-21(10-8-19)24-16-13-22(17-18(24)2)20-11-14-23(25)15-12-20/h7-17,25H,3-6H2,1-2H3. The number of hydrogen-bond donors (Lipinski definition) is 1. The highest BCUT2D eigenvalue weighted by atomic mass is 16.3. The molecular weight excluding hydrogens is 304 g/mol. The Morgan fingerprint density at radius 3 is 2.00 bits per heavy atom. The third kappa shape index (κ3) is 4.30. The molecule has 0 saturated carbocycles. The van der Waals surface area contributed by atoms with Crippen LogP contribution in [0.2, 0.25) is 0 Å². The lowest BCUT2D eigenvalue weighted by Crippen LogP contribution is -1.88. The molecule has 0 aliphatic heterocycles. The molecule has 0 bridgehead atoms. The van der Waals surface area contributed by atoms with E-state index in [4.69, 9.17) is 0 Å². The molecule has 1 nitrogen and oxygen atoms in total. The van der Waals surface area contributed by atoms with Crippen molar-refractivity contribution < 1.29 is 5.11 Å². The summed E-state index contributed by atoms with van der Waals surface area (Å²) in [4.78, 5) is 0. The van der Waals surface area contributed by atoms with Crippen molar-refractivity contribution in [3.8, 4) is 28.0 Å². The first-order valence-electron chi connectivity index (χ1n) is 9.17. The van der Waals surface area contributed by atoms with Crippen molar-refractivity contribution in [1.29, 1.82) is 0 Å². The van der Waals surface area contributed by atoms with Gasteiger partial charge >= 0.3 is 0 Å². The highest BCUT2D eigenvalue weighted by molar-refractivity contribution is 5.73. The normalized spacial score (nSPS) is 10.8. The Bertz CT molecular complexity index is 814. The van der Waals surface area contributed by atoms with Crippen molar-refractivity contribution in [3.05, 3.63) is 77.9 Å². The SMILES string of the molecule is CCCCCc1ccc(-c2ccc(-c3ccc(O)cc3)cc2C)cc1. The van der Waals surface area contributed by atoms with Gasteiger partial charge in [0.1, 0.15) is 5.75 Å². The van der Waals surface area contributed by atoms with Crippen molar-refractivity contribution >= 4 is 0 Å². The van der Waals surface area contributed by atoms with Crippen molar-refractivity contribution in [2.75, 3.05) is 0 Å². The summed E-state index contributed by atoms with van der Waals surface area (Å²) in [6, 6.07) is 22.9. The lowest BCUT2D eigenvalue weighted by Gasteiger charge is -2.10. The maximum Gasteiger partial charge on any atom is 0.115 e. The van der Waals surface area contributed by atoms with Gasteiger partial charge in [-0.15, -0.1) is 0 Å². The van der Waals surface area contributed by atoms with Gasteiger partial charge in [-0.3, -0.25) is 0 Å². The zero-order chi connectivity index (χ0) is 17.6. The average Bonchev–Trinajstić information content (AvgIpc) is 2.63. The highest BCUT2D eigenvalue weighted by Gasteiger charge is 2.05. The fourth-order valence-corrected chi connectivity index (χ4v) is 3.25. The molecule has 3 aromatic rings. The second kappa shape index (κ2) is 8.02. The molecule has 0 aliphatic rings. The molecule has 0 atom stereocenters. The minimum Gasteiger partial charge on any atom is -0.508 e. The molecular formula is C24H26O. The van der Waals surface area contributed by atoms with E-state index < -0.39 is 0 Å². The number of phenols is 1. The Morgan fingerprint density at radius 2 is 1.36 bits per heavy atom. The minimum atomic E-state index is 0.302. The first-order valence-corrected chi connectivity index (χ1v) is 9.17. The molecule has 128 valence electrons. The number of benzene rings is 3. The first-order chi connectivity index (χ1) is 12.2. The maximum absolute atomic E-state index is 9.44. The molecule has 0 spiro atoms. The van der Waals surface area contributed by atoms with Crippen LogP contribution in [-0.2, 0) is 6.42 Å². The highest BCUT2D eigenvalue weighted by Crippen LogP contribution is 2.29. The Hall–Kier alpha value is -2.54. The van der Waals surface area contributed by atoms with Gasteiger partial charge < -0.3 is 5.11 Å². The van der Waals surface area contributed by atoms with Gasteiger partial charge in [-0.05, 0) is 65.3 Å². The van der Waals surface area contributed by atoms with Crippen molar-refractivity contribution in [2.45, 2.75) is 39.5 Å². The maximum atomic E-state index is 9.44. The van der Waals surface area contributed by atoms with Crippen LogP contribution in [0.15, 0.2) is 66.7 Å². The second-order valence-corrected chi connectivity index (χ2v) is 6.73. The monoisotopic (exact) mass is 330 g/mol. The van der Waals surface area contributed by atoms with E-state index in [-0.39, 0.29) is 0 Å². The molecule has 25 heavy (non-hydrogen) atoms. The minimum absolute atomic E-state index is 0.302. The molecule has 1 heteroatoms. The smallest absolute Gasteiger partial charge is 0.115 e. The lowest BCUT2D eigenvalue weighted by molar-refractivity contribution is 0.475. The summed E-state index contributed by atoms with van der Waals surface area (Å²) in [6.45, 7) is 4.40. The topological polar surface area (TPSA) is 20.2 Å². The van der Waals surface area contributed by atoms with Crippen molar-refractivity contribution in [3.63, 3.8) is 0 Å². The molecule has 0 aliphatic carbocycles. The third-order valence-corrected chi connectivity index (χ3v) is 4.76. The van der Waals surface area contributed by atoms with Gasteiger partial charge in [0.15, 0.2) is 0 Å². The molecule has 0 fully saturated rings. The van der Waals surface area contributed by atoms with Crippen LogP contribution in [-0.4, -0.2) is 5.11 Å². The van der Waals surface area contributed by atoms with Crippen LogP contribution < -0.4 is 0 Å². The fourth-order valence-electron chi connectivity index (χ4n) is 3.25. The first kappa shape index (κ1) is 17.3. The van der Waals surface area contributed by atoms with Crippen LogP contribution in [0.25, 0.3) is 22.3 Å². The summed E-state index contributed by atoms with van der Waals surface area (Å²) >= 11 is 0. The Kier molecular flexibility index (Phi) is 5.55. The summed E-state index contributed by atoms with van der Waals surface area (Å²) in [6.07, 6.45) is 5.02. The number of unbranched alkanes of at least 4 members (excludes halogenated alkanes) is 2. The average molecular weight is 330 g/mol. The van der Waals surface area contributed by atoms with Crippen LogP contribution in [0.1, 0.15) is 37.3 Å². The molecule has 0 aromatic heterocycles. The number of hydrogen-bond acceptors (Lipinski definition) is 1. The van der Waals surface area contributed by atoms with Crippen LogP contribution in [0.3, 0.4) is 0 Å². The van der Waals surface area contributed by atoms with Gasteiger partial charge in [0, 0.05) is 0 Å². The van der Waals surface area contributed by atoms with Crippen LogP contribution in [0.4, 0.5) is 0 Å². The molecule has 1 N–H and O–H groups in total. The zero-order valence-corrected chi connectivity index (χ0v) is 15.1. The molecule has 0 saturated heterocycles. The van der Waals surface area contributed by atoms with E-state index in [9.17, 15) is 5.11 Å². The van der Waals surface area contributed by atoms with Gasteiger partial charge in [0.25, 0.3) is 0 Å². The Morgan fingerprint density at radius 1 is 0.720 bits per heavy atom. The molecule has 0 amide bonds.